The number of halogens is 1. The maximum atomic E-state index is 14.2. The molecule has 1 aromatic heterocycles. The first-order chi connectivity index (χ1) is 15.3. The minimum atomic E-state index is -1.04. The summed E-state index contributed by atoms with van der Waals surface area (Å²) in [5.41, 5.74) is 1.13. The van der Waals surface area contributed by atoms with E-state index >= 15 is 0 Å². The van der Waals surface area contributed by atoms with Gasteiger partial charge in [0.15, 0.2) is 5.11 Å². The highest BCUT2D eigenvalue weighted by Crippen LogP contribution is 2.29. The number of nitrogens with one attached hydrogen (secondary N) is 1. The van der Waals surface area contributed by atoms with Crippen molar-refractivity contribution in [1.82, 2.24) is 5.32 Å². The SMILES string of the molecule is Cc1cc(C(=O)O)ccc1-c1ccc(/C=C2\C(=O)NC(=S)N(c3ccccc3F)C2=O)o1. The quantitative estimate of drug-likeness (QED) is 0.355. The van der Waals surface area contributed by atoms with Crippen molar-refractivity contribution in [2.45, 2.75) is 6.92 Å². The Morgan fingerprint density at radius 3 is 2.59 bits per heavy atom. The maximum Gasteiger partial charge on any atom is 0.335 e. The van der Waals surface area contributed by atoms with E-state index in [1.165, 1.54) is 36.4 Å². The molecular weight excluding hydrogens is 435 g/mol. The van der Waals surface area contributed by atoms with Crippen molar-refractivity contribution in [3.8, 4) is 11.3 Å². The molecule has 0 aliphatic carbocycles. The Kier molecular flexibility index (Phi) is 5.41. The molecule has 2 heterocycles. The third-order valence-corrected chi connectivity index (χ3v) is 5.13. The van der Waals surface area contributed by atoms with E-state index in [2.05, 4.69) is 5.32 Å². The van der Waals surface area contributed by atoms with Gasteiger partial charge in [-0.2, -0.15) is 0 Å². The molecule has 0 spiro atoms. The summed E-state index contributed by atoms with van der Waals surface area (Å²) in [4.78, 5) is 37.4. The zero-order chi connectivity index (χ0) is 23.0. The Hall–Kier alpha value is -4.11. The van der Waals surface area contributed by atoms with Crippen LogP contribution in [0.1, 0.15) is 21.7 Å². The van der Waals surface area contributed by atoms with Crippen LogP contribution in [0, 0.1) is 12.7 Å². The van der Waals surface area contributed by atoms with E-state index in [0.29, 0.717) is 16.9 Å². The average Bonchev–Trinajstić information content (AvgIpc) is 3.20. The van der Waals surface area contributed by atoms with Crippen molar-refractivity contribution in [2.75, 3.05) is 4.90 Å². The van der Waals surface area contributed by atoms with E-state index in [9.17, 15) is 18.8 Å². The molecule has 2 N–H and O–H groups in total. The topological polar surface area (TPSA) is 99.8 Å². The van der Waals surface area contributed by atoms with Crippen molar-refractivity contribution in [2.24, 2.45) is 0 Å². The minimum absolute atomic E-state index is 0.0809. The molecule has 3 aromatic rings. The summed E-state index contributed by atoms with van der Waals surface area (Å²) in [7, 11) is 0. The minimum Gasteiger partial charge on any atom is -0.478 e. The number of aryl methyl sites for hydroxylation is 1. The van der Waals surface area contributed by atoms with Crippen LogP contribution in [0.25, 0.3) is 17.4 Å². The third-order valence-electron chi connectivity index (χ3n) is 4.85. The lowest BCUT2D eigenvalue weighted by atomic mass is 10.0. The molecule has 0 saturated carbocycles. The molecule has 1 fully saturated rings. The Bertz CT molecular complexity index is 1330. The number of carboxylic acid groups (broad SMARTS) is 1. The number of rotatable bonds is 4. The molecule has 160 valence electrons. The molecule has 0 radical (unpaired) electrons. The molecule has 1 aliphatic rings. The Morgan fingerprint density at radius 1 is 1.16 bits per heavy atom. The molecule has 0 atom stereocenters. The Labute approximate surface area is 186 Å². The largest absolute Gasteiger partial charge is 0.478 e. The lowest BCUT2D eigenvalue weighted by Crippen LogP contribution is -2.54. The predicted molar refractivity (Wildman–Crippen MR) is 118 cm³/mol. The molecule has 32 heavy (non-hydrogen) atoms. The van der Waals surface area contributed by atoms with Crippen molar-refractivity contribution in [1.29, 1.82) is 0 Å². The van der Waals surface area contributed by atoms with Crippen molar-refractivity contribution in [3.05, 3.63) is 82.9 Å². The van der Waals surface area contributed by atoms with Crippen LogP contribution in [0.5, 0.6) is 0 Å². The number of furan rings is 1. The number of carboxylic acids is 1. The summed E-state index contributed by atoms with van der Waals surface area (Å²) in [5, 5.41) is 11.3. The Morgan fingerprint density at radius 2 is 1.91 bits per heavy atom. The van der Waals surface area contributed by atoms with Gasteiger partial charge in [-0.15, -0.1) is 0 Å². The van der Waals surface area contributed by atoms with E-state index in [1.54, 1.807) is 31.2 Å². The number of anilines is 1. The first kappa shape index (κ1) is 21.1. The fourth-order valence-electron chi connectivity index (χ4n) is 3.30. The smallest absolute Gasteiger partial charge is 0.335 e. The molecule has 1 saturated heterocycles. The van der Waals surface area contributed by atoms with Gasteiger partial charge in [0.2, 0.25) is 0 Å². The monoisotopic (exact) mass is 450 g/mol. The van der Waals surface area contributed by atoms with Crippen molar-refractivity contribution >= 4 is 46.9 Å². The van der Waals surface area contributed by atoms with Crippen molar-refractivity contribution in [3.63, 3.8) is 0 Å². The van der Waals surface area contributed by atoms with Gasteiger partial charge in [-0.1, -0.05) is 18.2 Å². The van der Waals surface area contributed by atoms with Crippen LogP contribution in [0.4, 0.5) is 10.1 Å². The standard InChI is InChI=1S/C23H15FN2O5S/c1-12-10-13(22(29)30)6-8-15(12)19-9-7-14(31-19)11-16-20(27)25-23(32)26(21(16)28)18-5-3-2-4-17(18)24/h2-11H,1H3,(H,29,30)(H,25,27,32)/b16-11+. The van der Waals surface area contributed by atoms with Gasteiger partial charge in [-0.05, 0) is 67.2 Å². The second-order valence-corrected chi connectivity index (χ2v) is 7.33. The van der Waals surface area contributed by atoms with E-state index in [-0.39, 0.29) is 27.7 Å². The molecule has 2 amide bonds. The molecule has 2 aromatic carbocycles. The zero-order valence-corrected chi connectivity index (χ0v) is 17.4. The lowest BCUT2D eigenvalue weighted by molar-refractivity contribution is -0.122. The van der Waals surface area contributed by atoms with Gasteiger partial charge in [-0.25, -0.2) is 14.1 Å². The highest BCUT2D eigenvalue weighted by atomic mass is 32.1. The van der Waals surface area contributed by atoms with Gasteiger partial charge in [0.25, 0.3) is 11.8 Å². The summed E-state index contributed by atoms with van der Waals surface area (Å²) in [5.74, 6) is -2.59. The highest BCUT2D eigenvalue weighted by molar-refractivity contribution is 7.80. The van der Waals surface area contributed by atoms with Gasteiger partial charge in [0, 0.05) is 5.56 Å². The molecule has 4 rings (SSSR count). The number of carbonyl (C=O) groups excluding carboxylic acids is 2. The fourth-order valence-corrected chi connectivity index (χ4v) is 3.57. The third kappa shape index (κ3) is 3.81. The lowest BCUT2D eigenvalue weighted by Gasteiger charge is -2.28. The number of aromatic carboxylic acids is 1. The van der Waals surface area contributed by atoms with E-state index in [1.807, 2.05) is 0 Å². The van der Waals surface area contributed by atoms with Crippen LogP contribution in [-0.4, -0.2) is 28.0 Å². The molecule has 0 bridgehead atoms. The van der Waals surface area contributed by atoms with Crippen LogP contribution in [-0.2, 0) is 9.59 Å². The van der Waals surface area contributed by atoms with Gasteiger partial charge >= 0.3 is 5.97 Å². The zero-order valence-electron chi connectivity index (χ0n) is 16.6. The summed E-state index contributed by atoms with van der Waals surface area (Å²) in [6, 6.07) is 13.4. The summed E-state index contributed by atoms with van der Waals surface area (Å²) < 4.78 is 20.0. The van der Waals surface area contributed by atoms with Crippen molar-refractivity contribution < 1.29 is 28.3 Å². The summed E-state index contributed by atoms with van der Waals surface area (Å²) in [6.07, 6.45) is 1.25. The summed E-state index contributed by atoms with van der Waals surface area (Å²) in [6.45, 7) is 1.74. The second-order valence-electron chi connectivity index (χ2n) is 6.95. The second kappa shape index (κ2) is 8.20. The maximum absolute atomic E-state index is 14.2. The number of carbonyl (C=O) groups is 3. The number of para-hydroxylation sites is 1. The van der Waals surface area contributed by atoms with Gasteiger partial charge in [0.1, 0.15) is 22.9 Å². The van der Waals surface area contributed by atoms with Crippen LogP contribution in [0.15, 0.2) is 64.6 Å². The summed E-state index contributed by atoms with van der Waals surface area (Å²) >= 11 is 5.07. The number of thiocarbonyl (C=S) groups is 1. The number of nitrogens with zero attached hydrogens (tertiary/aromatic N) is 1. The number of benzene rings is 2. The molecule has 1 aliphatic heterocycles. The van der Waals surface area contributed by atoms with Crippen LogP contribution < -0.4 is 10.2 Å². The van der Waals surface area contributed by atoms with Gasteiger partial charge in [-0.3, -0.25) is 14.9 Å². The van der Waals surface area contributed by atoms with E-state index in [4.69, 9.17) is 21.7 Å². The van der Waals surface area contributed by atoms with Crippen LogP contribution >= 0.6 is 12.2 Å². The van der Waals surface area contributed by atoms with E-state index < -0.39 is 23.6 Å². The average molecular weight is 450 g/mol. The normalized spacial score (nSPS) is 15.2. The number of hydrogen-bond acceptors (Lipinski definition) is 5. The molecule has 7 nitrogen and oxygen atoms in total. The van der Waals surface area contributed by atoms with Gasteiger partial charge in [0.05, 0.1) is 11.3 Å². The first-order valence-electron chi connectivity index (χ1n) is 9.36. The van der Waals surface area contributed by atoms with Crippen LogP contribution in [0.2, 0.25) is 0 Å². The predicted octanol–water partition coefficient (Wildman–Crippen LogP) is 3.92. The molecule has 9 heteroatoms. The van der Waals surface area contributed by atoms with Gasteiger partial charge < -0.3 is 9.52 Å². The molecular formula is C23H15FN2O5S. The number of hydrogen-bond donors (Lipinski definition) is 2. The van der Waals surface area contributed by atoms with Crippen LogP contribution in [0.3, 0.4) is 0 Å². The Balaban J connectivity index is 1.68. The highest BCUT2D eigenvalue weighted by Gasteiger charge is 2.35. The van der Waals surface area contributed by atoms with E-state index in [0.717, 1.165) is 4.90 Å². The first-order valence-corrected chi connectivity index (χ1v) is 9.77. The number of amides is 2. The fraction of sp³-hybridized carbons (Fsp3) is 0.0435. The molecule has 0 unspecified atom stereocenters.